The third-order valence-corrected chi connectivity index (χ3v) is 3.34. The smallest absolute Gasteiger partial charge is 0.320 e. The maximum absolute atomic E-state index is 11.7. The largest absolute Gasteiger partial charge is 0.480 e. The Bertz CT molecular complexity index is 459. The van der Waals surface area contributed by atoms with Gasteiger partial charge in [0.15, 0.2) is 5.78 Å². The highest BCUT2D eigenvalue weighted by Gasteiger charge is 2.16. The van der Waals surface area contributed by atoms with E-state index in [0.717, 1.165) is 11.3 Å². The Labute approximate surface area is 123 Å². The highest BCUT2D eigenvalue weighted by Crippen LogP contribution is 2.02. The molecule has 0 aromatic heterocycles. The van der Waals surface area contributed by atoms with Gasteiger partial charge in [-0.2, -0.15) is 11.8 Å². The second-order valence-corrected chi connectivity index (χ2v) is 5.25. The molecule has 0 amide bonds. The van der Waals surface area contributed by atoms with E-state index in [1.807, 2.05) is 36.6 Å². The van der Waals surface area contributed by atoms with Crippen molar-refractivity contribution in [3.63, 3.8) is 0 Å². The van der Waals surface area contributed by atoms with E-state index in [1.165, 1.54) is 6.08 Å². The van der Waals surface area contributed by atoms with Crippen molar-refractivity contribution < 1.29 is 14.7 Å². The van der Waals surface area contributed by atoms with Gasteiger partial charge in [-0.1, -0.05) is 36.4 Å². The Morgan fingerprint density at radius 2 is 2.05 bits per heavy atom. The summed E-state index contributed by atoms with van der Waals surface area (Å²) in [7, 11) is 0. The maximum Gasteiger partial charge on any atom is 0.320 e. The minimum atomic E-state index is -0.918. The quantitative estimate of drug-likeness (QED) is 0.682. The zero-order valence-electron chi connectivity index (χ0n) is 11.4. The monoisotopic (exact) mass is 293 g/mol. The van der Waals surface area contributed by atoms with Crippen LogP contribution in [-0.4, -0.2) is 41.5 Å². The molecule has 1 aromatic rings. The molecule has 0 radical (unpaired) electrons. The fraction of sp³-hybridized carbons (Fsp3) is 0.333. The van der Waals surface area contributed by atoms with E-state index >= 15 is 0 Å². The Hall–Kier alpha value is -1.59. The minimum Gasteiger partial charge on any atom is -0.480 e. The molecule has 1 atom stereocenters. The number of thioether (sulfide) groups is 1. The molecule has 0 saturated carbocycles. The number of carboxylic acid groups (broad SMARTS) is 1. The van der Waals surface area contributed by atoms with Crippen LogP contribution in [0.2, 0.25) is 0 Å². The summed E-state index contributed by atoms with van der Waals surface area (Å²) in [5, 5.41) is 11.8. The van der Waals surface area contributed by atoms with Crippen molar-refractivity contribution in [2.75, 3.05) is 18.6 Å². The lowest BCUT2D eigenvalue weighted by atomic mass is 10.2. The van der Waals surface area contributed by atoms with Gasteiger partial charge in [-0.15, -0.1) is 0 Å². The third-order valence-electron chi connectivity index (χ3n) is 2.69. The summed E-state index contributed by atoms with van der Waals surface area (Å²) in [5.41, 5.74) is 0.943. The van der Waals surface area contributed by atoms with Gasteiger partial charge >= 0.3 is 5.97 Å². The molecular formula is C15H19NO3S. The van der Waals surface area contributed by atoms with Gasteiger partial charge in [0.1, 0.15) is 6.04 Å². The van der Waals surface area contributed by atoms with Gasteiger partial charge < -0.3 is 5.11 Å². The molecule has 0 aliphatic heterocycles. The summed E-state index contributed by atoms with van der Waals surface area (Å²) in [5.74, 6) is -0.305. The number of carbonyl (C=O) groups excluding carboxylic acids is 1. The van der Waals surface area contributed by atoms with Crippen LogP contribution in [0.4, 0.5) is 0 Å². The van der Waals surface area contributed by atoms with Crippen LogP contribution < -0.4 is 5.32 Å². The number of carboxylic acids is 1. The lowest BCUT2D eigenvalue weighted by molar-refractivity contribution is -0.139. The summed E-state index contributed by atoms with van der Waals surface area (Å²) >= 11 is 1.59. The van der Waals surface area contributed by atoms with Gasteiger partial charge in [-0.25, -0.2) is 0 Å². The zero-order valence-corrected chi connectivity index (χ0v) is 12.2. The maximum atomic E-state index is 11.7. The number of aliphatic carboxylic acids is 1. The van der Waals surface area contributed by atoms with Crippen LogP contribution >= 0.6 is 11.8 Å². The van der Waals surface area contributed by atoms with Crippen molar-refractivity contribution >= 4 is 29.6 Å². The molecule has 0 bridgehead atoms. The average Bonchev–Trinajstić information content (AvgIpc) is 2.46. The minimum absolute atomic E-state index is 0.0364. The molecule has 0 unspecified atom stereocenters. The highest BCUT2D eigenvalue weighted by atomic mass is 32.2. The molecule has 5 heteroatoms. The number of nitrogens with one attached hydrogen (secondary N) is 1. The van der Waals surface area contributed by atoms with Crippen molar-refractivity contribution in [2.24, 2.45) is 0 Å². The van der Waals surface area contributed by atoms with E-state index in [1.54, 1.807) is 17.8 Å². The number of hydrogen-bond acceptors (Lipinski definition) is 4. The van der Waals surface area contributed by atoms with Crippen molar-refractivity contribution in [3.05, 3.63) is 42.0 Å². The molecule has 0 heterocycles. The summed E-state index contributed by atoms with van der Waals surface area (Å²) in [4.78, 5) is 22.7. The second kappa shape index (κ2) is 9.34. The molecule has 0 fully saturated rings. The fourth-order valence-electron chi connectivity index (χ4n) is 1.58. The molecule has 0 saturated heterocycles. The lowest BCUT2D eigenvalue weighted by Gasteiger charge is -2.12. The van der Waals surface area contributed by atoms with Crippen LogP contribution in [0.15, 0.2) is 36.4 Å². The van der Waals surface area contributed by atoms with E-state index in [-0.39, 0.29) is 12.3 Å². The first-order valence-electron chi connectivity index (χ1n) is 6.34. The molecule has 1 aromatic carbocycles. The Morgan fingerprint density at radius 3 is 2.65 bits per heavy atom. The summed E-state index contributed by atoms with van der Waals surface area (Å²) < 4.78 is 0. The van der Waals surface area contributed by atoms with Crippen LogP contribution in [-0.2, 0) is 9.59 Å². The molecule has 0 aliphatic rings. The predicted molar refractivity (Wildman–Crippen MR) is 82.9 cm³/mol. The molecule has 2 N–H and O–H groups in total. The standard InChI is InChI=1S/C15H19NO3S/c1-20-10-9-14(15(18)19)16-11-13(17)8-7-12-5-3-2-4-6-12/h2-8,14,16H,9-11H2,1H3,(H,18,19)/t14-/m0/s1. The van der Waals surface area contributed by atoms with Crippen LogP contribution in [0.1, 0.15) is 12.0 Å². The molecule has 0 spiro atoms. The molecule has 4 nitrogen and oxygen atoms in total. The molecule has 108 valence electrons. The molecule has 0 aliphatic carbocycles. The van der Waals surface area contributed by atoms with Gasteiger partial charge in [-0.05, 0) is 30.1 Å². The number of hydrogen-bond donors (Lipinski definition) is 2. The number of ketones is 1. The zero-order chi connectivity index (χ0) is 14.8. The summed E-state index contributed by atoms with van der Waals surface area (Å²) in [6.45, 7) is 0.0364. The highest BCUT2D eigenvalue weighted by molar-refractivity contribution is 7.98. The van der Waals surface area contributed by atoms with E-state index < -0.39 is 12.0 Å². The van der Waals surface area contributed by atoms with Crippen LogP contribution in [0, 0.1) is 0 Å². The number of carbonyl (C=O) groups is 2. The van der Waals surface area contributed by atoms with Crippen molar-refractivity contribution in [3.8, 4) is 0 Å². The fourth-order valence-corrected chi connectivity index (χ4v) is 2.06. The molecule has 20 heavy (non-hydrogen) atoms. The van der Waals surface area contributed by atoms with E-state index in [4.69, 9.17) is 5.11 Å². The first-order valence-corrected chi connectivity index (χ1v) is 7.74. The predicted octanol–water partition coefficient (Wildman–Crippen LogP) is 2.06. The van der Waals surface area contributed by atoms with Gasteiger partial charge in [0.25, 0.3) is 0 Å². The van der Waals surface area contributed by atoms with Crippen LogP contribution in [0.25, 0.3) is 6.08 Å². The second-order valence-electron chi connectivity index (χ2n) is 4.26. The average molecular weight is 293 g/mol. The van der Waals surface area contributed by atoms with Crippen molar-refractivity contribution in [1.29, 1.82) is 0 Å². The first kappa shape index (κ1) is 16.5. The van der Waals surface area contributed by atoms with Crippen molar-refractivity contribution in [1.82, 2.24) is 5.32 Å². The first-order chi connectivity index (χ1) is 9.63. The van der Waals surface area contributed by atoms with Gasteiger partial charge in [0.05, 0.1) is 6.54 Å². The van der Waals surface area contributed by atoms with Crippen LogP contribution in [0.5, 0.6) is 0 Å². The van der Waals surface area contributed by atoms with E-state index in [0.29, 0.717) is 6.42 Å². The van der Waals surface area contributed by atoms with Crippen molar-refractivity contribution in [2.45, 2.75) is 12.5 Å². The molecular weight excluding hydrogens is 274 g/mol. The van der Waals surface area contributed by atoms with Gasteiger partial charge in [0, 0.05) is 0 Å². The number of rotatable bonds is 9. The third kappa shape index (κ3) is 6.54. The van der Waals surface area contributed by atoms with Gasteiger partial charge in [0.2, 0.25) is 0 Å². The van der Waals surface area contributed by atoms with Gasteiger partial charge in [-0.3, -0.25) is 14.9 Å². The number of benzene rings is 1. The Morgan fingerprint density at radius 1 is 1.35 bits per heavy atom. The Kier molecular flexibility index (Phi) is 7.69. The SMILES string of the molecule is CSCC[C@H](NCC(=O)C=Cc1ccccc1)C(=O)O. The van der Waals surface area contributed by atoms with E-state index in [9.17, 15) is 9.59 Å². The summed E-state index contributed by atoms with van der Waals surface area (Å²) in [6.07, 6.45) is 5.62. The van der Waals surface area contributed by atoms with E-state index in [2.05, 4.69) is 5.32 Å². The topological polar surface area (TPSA) is 66.4 Å². The van der Waals surface area contributed by atoms with Crippen LogP contribution in [0.3, 0.4) is 0 Å². The lowest BCUT2D eigenvalue weighted by Crippen LogP contribution is -2.39. The summed E-state index contributed by atoms with van der Waals surface area (Å²) in [6, 6.07) is 8.82. The normalized spacial score (nSPS) is 12.4. The Balaban J connectivity index is 2.41. The molecule has 1 rings (SSSR count).